The first-order chi connectivity index (χ1) is 13.5. The molecule has 4 rings (SSSR count). The third-order valence-corrected chi connectivity index (χ3v) is 6.71. The molecule has 1 fully saturated rings. The zero-order chi connectivity index (χ0) is 19.6. The van der Waals surface area contributed by atoms with Crippen molar-refractivity contribution < 1.29 is 14.7 Å². The summed E-state index contributed by atoms with van der Waals surface area (Å²) in [4.78, 5) is 28.5. The Kier molecular flexibility index (Phi) is 5.44. The Hall–Kier alpha value is -2.28. The van der Waals surface area contributed by atoms with Gasteiger partial charge in [0.2, 0.25) is 5.91 Å². The summed E-state index contributed by atoms with van der Waals surface area (Å²) in [5, 5.41) is 13.3. The van der Waals surface area contributed by atoms with Crippen LogP contribution in [0.3, 0.4) is 0 Å². The number of rotatable bonds is 6. The van der Waals surface area contributed by atoms with Crippen molar-refractivity contribution in [2.75, 3.05) is 11.1 Å². The molecule has 2 aromatic rings. The zero-order valence-electron chi connectivity index (χ0n) is 15.8. The first-order valence-corrected chi connectivity index (χ1v) is 10.8. The van der Waals surface area contributed by atoms with Gasteiger partial charge in [-0.2, -0.15) is 0 Å². The molecule has 1 aromatic carbocycles. The number of aromatic nitrogens is 2. The van der Waals surface area contributed by atoms with Gasteiger partial charge >= 0.3 is 5.97 Å². The average molecular weight is 400 g/mol. The standard InChI is InChI=1S/C21H25N3O3S/c25-18(12-21(13-19(26)27)8-2-1-3-9-21)22-16-6-4-15(5-7-16)17-14-24-10-11-28-20(24)23-17/h4-7,14H,1-3,8-13H2,(H,22,25)(H,26,27). The lowest BCUT2D eigenvalue weighted by Gasteiger charge is -2.35. The number of nitrogens with one attached hydrogen (secondary N) is 1. The summed E-state index contributed by atoms with van der Waals surface area (Å²) in [6.45, 7) is 0.999. The summed E-state index contributed by atoms with van der Waals surface area (Å²) in [7, 11) is 0. The highest BCUT2D eigenvalue weighted by atomic mass is 32.2. The van der Waals surface area contributed by atoms with Gasteiger partial charge in [-0.15, -0.1) is 0 Å². The summed E-state index contributed by atoms with van der Waals surface area (Å²) in [5.41, 5.74) is 2.30. The largest absolute Gasteiger partial charge is 0.481 e. The highest BCUT2D eigenvalue weighted by Crippen LogP contribution is 2.42. The van der Waals surface area contributed by atoms with E-state index in [9.17, 15) is 14.7 Å². The number of fused-ring (bicyclic) bond motifs is 1. The monoisotopic (exact) mass is 399 g/mol. The van der Waals surface area contributed by atoms with Gasteiger partial charge in [-0.25, -0.2) is 4.98 Å². The van der Waals surface area contributed by atoms with Crippen molar-refractivity contribution in [3.8, 4) is 11.3 Å². The number of anilines is 1. The predicted molar refractivity (Wildman–Crippen MR) is 109 cm³/mol. The number of carbonyl (C=O) groups excluding carboxylic acids is 1. The predicted octanol–water partition coefficient (Wildman–Crippen LogP) is 4.41. The Labute approximate surface area is 168 Å². The first kappa shape index (κ1) is 19.1. The molecule has 0 spiro atoms. The minimum absolute atomic E-state index is 0.0718. The highest BCUT2D eigenvalue weighted by molar-refractivity contribution is 7.99. The molecule has 2 heterocycles. The lowest BCUT2D eigenvalue weighted by molar-refractivity contribution is -0.140. The molecule has 0 unspecified atom stereocenters. The number of carbonyl (C=O) groups is 2. The van der Waals surface area contributed by atoms with Crippen molar-refractivity contribution >= 4 is 29.3 Å². The number of hydrogen-bond acceptors (Lipinski definition) is 4. The number of hydrogen-bond donors (Lipinski definition) is 2. The van der Waals surface area contributed by atoms with E-state index in [1.54, 1.807) is 11.8 Å². The number of carboxylic acids is 1. The molecule has 28 heavy (non-hydrogen) atoms. The fourth-order valence-electron chi connectivity index (χ4n) is 4.36. The van der Waals surface area contributed by atoms with Gasteiger partial charge in [-0.3, -0.25) is 9.59 Å². The molecule has 0 saturated heterocycles. The average Bonchev–Trinajstić information content (AvgIpc) is 3.24. The van der Waals surface area contributed by atoms with Crippen molar-refractivity contribution in [2.45, 2.75) is 56.6 Å². The lowest BCUT2D eigenvalue weighted by Crippen LogP contribution is -2.32. The summed E-state index contributed by atoms with van der Waals surface area (Å²) in [6, 6.07) is 7.70. The van der Waals surface area contributed by atoms with E-state index in [0.29, 0.717) is 0 Å². The summed E-state index contributed by atoms with van der Waals surface area (Å²) in [5.74, 6) is 0.161. The normalized spacial score (nSPS) is 17.9. The summed E-state index contributed by atoms with van der Waals surface area (Å²) < 4.78 is 2.17. The molecule has 1 aliphatic heterocycles. The highest BCUT2D eigenvalue weighted by Gasteiger charge is 2.36. The van der Waals surface area contributed by atoms with Crippen LogP contribution in [0, 0.1) is 5.41 Å². The SMILES string of the molecule is O=C(O)CC1(CC(=O)Nc2ccc(-c3cn4c(n3)SCC4)cc2)CCCCC1. The van der Waals surface area contributed by atoms with Crippen molar-refractivity contribution in [3.05, 3.63) is 30.5 Å². The molecule has 1 amide bonds. The molecule has 2 aliphatic rings. The number of carboxylic acid groups (broad SMARTS) is 1. The Morgan fingerprint density at radius 3 is 2.57 bits per heavy atom. The van der Waals surface area contributed by atoms with Gasteiger partial charge in [0.1, 0.15) is 0 Å². The number of thioether (sulfide) groups is 1. The number of aryl methyl sites for hydroxylation is 1. The second kappa shape index (κ2) is 7.99. The van der Waals surface area contributed by atoms with Gasteiger partial charge in [0.25, 0.3) is 0 Å². The fraction of sp³-hybridized carbons (Fsp3) is 0.476. The van der Waals surface area contributed by atoms with Gasteiger partial charge in [-0.05, 0) is 30.4 Å². The van der Waals surface area contributed by atoms with Crippen LogP contribution in [0.25, 0.3) is 11.3 Å². The lowest BCUT2D eigenvalue weighted by atomic mass is 9.69. The Balaban J connectivity index is 1.40. The molecule has 1 aliphatic carbocycles. The first-order valence-electron chi connectivity index (χ1n) is 9.85. The van der Waals surface area contributed by atoms with Crippen LogP contribution in [0.15, 0.2) is 35.6 Å². The molecule has 2 N–H and O–H groups in total. The Morgan fingerprint density at radius 2 is 1.89 bits per heavy atom. The van der Waals surface area contributed by atoms with Crippen LogP contribution in [0.2, 0.25) is 0 Å². The maximum Gasteiger partial charge on any atom is 0.303 e. The maximum absolute atomic E-state index is 12.6. The van der Waals surface area contributed by atoms with Gasteiger partial charge < -0.3 is 15.0 Å². The van der Waals surface area contributed by atoms with E-state index in [-0.39, 0.29) is 18.7 Å². The molecule has 6 nitrogen and oxygen atoms in total. The molecule has 0 bridgehead atoms. The van der Waals surface area contributed by atoms with Gasteiger partial charge in [0.15, 0.2) is 5.16 Å². The Bertz CT molecular complexity index is 848. The van der Waals surface area contributed by atoms with Crippen LogP contribution in [0.1, 0.15) is 44.9 Å². The minimum atomic E-state index is -0.816. The number of imidazole rings is 1. The minimum Gasteiger partial charge on any atom is -0.481 e. The molecule has 7 heteroatoms. The smallest absolute Gasteiger partial charge is 0.303 e. The quantitative estimate of drug-likeness (QED) is 0.752. The molecule has 1 saturated carbocycles. The van der Waals surface area contributed by atoms with E-state index in [2.05, 4.69) is 21.1 Å². The summed E-state index contributed by atoms with van der Waals surface area (Å²) in [6.07, 6.45) is 7.17. The van der Waals surface area contributed by atoms with E-state index in [0.717, 1.165) is 66.5 Å². The van der Waals surface area contributed by atoms with Crippen LogP contribution in [-0.4, -0.2) is 32.3 Å². The van der Waals surface area contributed by atoms with Crippen LogP contribution < -0.4 is 5.32 Å². The summed E-state index contributed by atoms with van der Waals surface area (Å²) >= 11 is 1.77. The van der Waals surface area contributed by atoms with Crippen molar-refractivity contribution in [2.24, 2.45) is 5.41 Å². The third-order valence-electron chi connectivity index (χ3n) is 5.74. The van der Waals surface area contributed by atoms with Crippen molar-refractivity contribution in [1.82, 2.24) is 9.55 Å². The van der Waals surface area contributed by atoms with Gasteiger partial charge in [0.05, 0.1) is 12.1 Å². The molecular weight excluding hydrogens is 374 g/mol. The molecule has 0 atom stereocenters. The van der Waals surface area contributed by atoms with Crippen LogP contribution in [0.5, 0.6) is 0 Å². The number of aliphatic carboxylic acids is 1. The molecule has 148 valence electrons. The van der Waals surface area contributed by atoms with E-state index < -0.39 is 11.4 Å². The second-order valence-electron chi connectivity index (χ2n) is 7.88. The van der Waals surface area contributed by atoms with Crippen LogP contribution in [0.4, 0.5) is 5.69 Å². The van der Waals surface area contributed by atoms with E-state index in [4.69, 9.17) is 0 Å². The van der Waals surface area contributed by atoms with E-state index >= 15 is 0 Å². The number of benzene rings is 1. The van der Waals surface area contributed by atoms with Crippen LogP contribution >= 0.6 is 11.8 Å². The molecule has 1 aromatic heterocycles. The van der Waals surface area contributed by atoms with E-state index in [1.165, 1.54) is 0 Å². The van der Waals surface area contributed by atoms with Crippen molar-refractivity contribution in [3.63, 3.8) is 0 Å². The maximum atomic E-state index is 12.6. The van der Waals surface area contributed by atoms with Gasteiger partial charge in [-0.1, -0.05) is 43.2 Å². The number of nitrogens with zero attached hydrogens (tertiary/aromatic N) is 2. The zero-order valence-corrected chi connectivity index (χ0v) is 16.6. The fourth-order valence-corrected chi connectivity index (χ4v) is 5.30. The Morgan fingerprint density at radius 1 is 1.14 bits per heavy atom. The second-order valence-corrected chi connectivity index (χ2v) is 8.95. The number of amides is 1. The topological polar surface area (TPSA) is 84.2 Å². The third kappa shape index (κ3) is 4.24. The molecular formula is C21H25N3O3S. The molecule has 0 radical (unpaired) electrons. The van der Waals surface area contributed by atoms with Crippen LogP contribution in [-0.2, 0) is 16.1 Å². The van der Waals surface area contributed by atoms with Gasteiger partial charge in [0, 0.05) is 36.2 Å². The van der Waals surface area contributed by atoms with Crippen molar-refractivity contribution in [1.29, 1.82) is 0 Å². The van der Waals surface area contributed by atoms with E-state index in [1.807, 2.05) is 24.3 Å².